The van der Waals surface area contributed by atoms with Crippen molar-refractivity contribution in [1.82, 2.24) is 9.80 Å². The van der Waals surface area contributed by atoms with Gasteiger partial charge < -0.3 is 20.7 Å². The van der Waals surface area contributed by atoms with Crippen LogP contribution in [0.25, 0.3) is 0 Å². The first-order valence-corrected chi connectivity index (χ1v) is 11.2. The summed E-state index contributed by atoms with van der Waals surface area (Å²) in [6.45, 7) is 1.05. The smallest absolute Gasteiger partial charge is 0.409 e. The molecule has 0 radical (unpaired) electrons. The van der Waals surface area contributed by atoms with Crippen LogP contribution in [0.15, 0.2) is 47.5 Å². The maximum Gasteiger partial charge on any atom is 0.409 e. The molecular formula is C24H25ClFN5O4. The number of rotatable bonds is 4. The van der Waals surface area contributed by atoms with Crippen molar-refractivity contribution in [3.8, 4) is 0 Å². The topological polar surface area (TPSA) is 117 Å². The standard InChI is InChI=1S/C24H24FN5O4.ClH/c25-17-7-3-8-18-19(17)20(26)28-24(27-18)9-12-29(13-10-24)23(33)34-14-4-11-30-21(31)15-5-1-2-6-16(15)22(30)32;/h1-3,5-8,27H,4,9-14H2,(H2,26,28);1H. The van der Waals surface area contributed by atoms with E-state index in [1.165, 1.54) is 11.0 Å². The summed E-state index contributed by atoms with van der Waals surface area (Å²) in [5.74, 6) is -0.927. The first-order chi connectivity index (χ1) is 16.4. The van der Waals surface area contributed by atoms with E-state index in [-0.39, 0.29) is 48.8 Å². The zero-order valence-electron chi connectivity index (χ0n) is 18.8. The molecule has 35 heavy (non-hydrogen) atoms. The number of carbonyl (C=O) groups excluding carboxylic acids is 3. The molecule has 3 aliphatic heterocycles. The average Bonchev–Trinajstić information content (AvgIpc) is 3.06. The van der Waals surface area contributed by atoms with E-state index in [4.69, 9.17) is 10.5 Å². The molecular weight excluding hydrogens is 477 g/mol. The zero-order valence-corrected chi connectivity index (χ0v) is 19.6. The SMILES string of the molecule is Cl.NC1=NC2(CCN(C(=O)OCCCN3C(=O)c4ccccc4C3=O)CC2)Nc2cccc(F)c21. The molecule has 3 amide bonds. The number of amides is 3. The van der Waals surface area contributed by atoms with Crippen LogP contribution in [-0.2, 0) is 4.74 Å². The van der Waals surface area contributed by atoms with Crippen molar-refractivity contribution in [2.45, 2.75) is 24.9 Å². The first-order valence-electron chi connectivity index (χ1n) is 11.2. The number of piperidine rings is 1. The highest BCUT2D eigenvalue weighted by molar-refractivity contribution is 6.21. The van der Waals surface area contributed by atoms with E-state index in [1.807, 2.05) is 0 Å². The first kappa shape index (κ1) is 24.5. The third kappa shape index (κ3) is 4.41. The molecule has 0 atom stereocenters. The highest BCUT2D eigenvalue weighted by Gasteiger charge is 2.40. The van der Waals surface area contributed by atoms with E-state index < -0.39 is 17.6 Å². The molecule has 1 saturated heterocycles. The molecule has 0 saturated carbocycles. The molecule has 3 aliphatic rings. The van der Waals surface area contributed by atoms with Gasteiger partial charge in [-0.1, -0.05) is 18.2 Å². The van der Waals surface area contributed by atoms with Gasteiger partial charge in [-0.25, -0.2) is 14.2 Å². The summed E-state index contributed by atoms with van der Waals surface area (Å²) in [4.78, 5) is 44.6. The fraction of sp³-hybridized carbons (Fsp3) is 0.333. The summed E-state index contributed by atoms with van der Waals surface area (Å²) in [6.07, 6.45) is 0.873. The quantitative estimate of drug-likeness (QED) is 0.491. The van der Waals surface area contributed by atoms with Gasteiger partial charge >= 0.3 is 6.09 Å². The number of nitrogens with zero attached hydrogens (tertiary/aromatic N) is 3. The second-order valence-corrected chi connectivity index (χ2v) is 8.58. The van der Waals surface area contributed by atoms with Crippen molar-refractivity contribution < 1.29 is 23.5 Å². The van der Waals surface area contributed by atoms with Crippen LogP contribution in [0.1, 0.15) is 45.5 Å². The number of imide groups is 1. The Balaban J connectivity index is 0.00000289. The van der Waals surface area contributed by atoms with Crippen molar-refractivity contribution in [3.63, 3.8) is 0 Å². The molecule has 11 heteroatoms. The Bertz CT molecular complexity index is 1180. The van der Waals surface area contributed by atoms with Crippen LogP contribution in [-0.4, -0.2) is 65.4 Å². The summed E-state index contributed by atoms with van der Waals surface area (Å²) in [5.41, 5.74) is 7.02. The van der Waals surface area contributed by atoms with Gasteiger partial charge in [0, 0.05) is 38.2 Å². The largest absolute Gasteiger partial charge is 0.449 e. The van der Waals surface area contributed by atoms with Crippen LogP contribution < -0.4 is 11.1 Å². The van der Waals surface area contributed by atoms with E-state index in [2.05, 4.69) is 10.3 Å². The van der Waals surface area contributed by atoms with Crippen molar-refractivity contribution >= 4 is 41.8 Å². The van der Waals surface area contributed by atoms with Crippen molar-refractivity contribution in [3.05, 3.63) is 65.0 Å². The number of hydrogen-bond acceptors (Lipinski definition) is 7. The van der Waals surface area contributed by atoms with Crippen LogP contribution in [0.3, 0.4) is 0 Å². The summed E-state index contributed by atoms with van der Waals surface area (Å²) in [5, 5.41) is 3.29. The highest BCUT2D eigenvalue weighted by Crippen LogP contribution is 2.35. The monoisotopic (exact) mass is 501 g/mol. The Kier molecular flexibility index (Phi) is 6.66. The van der Waals surface area contributed by atoms with Crippen LogP contribution in [0.4, 0.5) is 14.9 Å². The number of nitrogens with one attached hydrogen (secondary N) is 1. The fourth-order valence-corrected chi connectivity index (χ4v) is 4.67. The summed E-state index contributed by atoms with van der Waals surface area (Å²) in [6, 6.07) is 11.4. The van der Waals surface area contributed by atoms with Gasteiger partial charge in [-0.15, -0.1) is 12.4 Å². The van der Waals surface area contributed by atoms with Crippen molar-refractivity contribution in [1.29, 1.82) is 0 Å². The minimum atomic E-state index is -0.687. The molecule has 1 spiro atoms. The number of nitrogens with two attached hydrogens (primary N) is 1. The van der Waals surface area contributed by atoms with Crippen LogP contribution in [0.2, 0.25) is 0 Å². The Labute approximate surface area is 207 Å². The summed E-state index contributed by atoms with van der Waals surface area (Å²) >= 11 is 0. The molecule has 5 rings (SSSR count). The maximum atomic E-state index is 14.1. The molecule has 3 N–H and O–H groups in total. The lowest BCUT2D eigenvalue weighted by molar-refractivity contribution is 0.0625. The van der Waals surface area contributed by atoms with Gasteiger partial charge in [0.1, 0.15) is 17.3 Å². The second kappa shape index (κ2) is 9.53. The lowest BCUT2D eigenvalue weighted by Gasteiger charge is -2.42. The minimum Gasteiger partial charge on any atom is -0.449 e. The molecule has 2 aromatic rings. The van der Waals surface area contributed by atoms with Crippen LogP contribution in [0.5, 0.6) is 0 Å². The Morgan fingerprint density at radius 3 is 2.40 bits per heavy atom. The number of benzene rings is 2. The average molecular weight is 502 g/mol. The van der Waals surface area contributed by atoms with Gasteiger partial charge in [0.15, 0.2) is 0 Å². The van der Waals surface area contributed by atoms with Crippen molar-refractivity contribution in [2.24, 2.45) is 10.7 Å². The molecule has 3 heterocycles. The molecule has 184 valence electrons. The van der Waals surface area contributed by atoms with E-state index in [1.54, 1.807) is 41.3 Å². The molecule has 0 unspecified atom stereocenters. The number of amidine groups is 1. The molecule has 2 aromatic carbocycles. The van der Waals surface area contributed by atoms with E-state index in [0.717, 1.165) is 0 Å². The number of halogens is 2. The molecule has 0 aromatic heterocycles. The summed E-state index contributed by atoms with van der Waals surface area (Å²) < 4.78 is 19.5. The van der Waals surface area contributed by atoms with Crippen molar-refractivity contribution in [2.75, 3.05) is 31.6 Å². The number of hydrogen-bond donors (Lipinski definition) is 2. The molecule has 0 bridgehead atoms. The van der Waals surface area contributed by atoms with E-state index in [9.17, 15) is 18.8 Å². The number of anilines is 1. The maximum absolute atomic E-state index is 14.1. The van der Waals surface area contributed by atoms with Gasteiger partial charge in [0.05, 0.1) is 23.3 Å². The van der Waals surface area contributed by atoms with Crippen LogP contribution >= 0.6 is 12.4 Å². The highest BCUT2D eigenvalue weighted by atomic mass is 35.5. The van der Waals surface area contributed by atoms with Gasteiger partial charge in [-0.05, 0) is 30.7 Å². The fourth-order valence-electron chi connectivity index (χ4n) is 4.67. The lowest BCUT2D eigenvalue weighted by atomic mass is 9.94. The third-order valence-electron chi connectivity index (χ3n) is 6.45. The van der Waals surface area contributed by atoms with Gasteiger partial charge in [-0.2, -0.15) is 0 Å². The van der Waals surface area contributed by atoms with Gasteiger partial charge in [-0.3, -0.25) is 14.5 Å². The normalized spacial score (nSPS) is 17.8. The molecule has 9 nitrogen and oxygen atoms in total. The predicted octanol–water partition coefficient (Wildman–Crippen LogP) is 2.99. The Hall–Kier alpha value is -3.66. The minimum absolute atomic E-state index is 0. The zero-order chi connectivity index (χ0) is 23.9. The number of ether oxygens (including phenoxy) is 1. The Morgan fingerprint density at radius 1 is 1.09 bits per heavy atom. The lowest BCUT2D eigenvalue weighted by Crippen LogP contribution is -2.52. The number of aliphatic imine (C=N–C) groups is 1. The summed E-state index contributed by atoms with van der Waals surface area (Å²) in [7, 11) is 0. The second-order valence-electron chi connectivity index (χ2n) is 8.58. The van der Waals surface area contributed by atoms with E-state index >= 15 is 0 Å². The molecule has 0 aliphatic carbocycles. The third-order valence-corrected chi connectivity index (χ3v) is 6.45. The number of likely N-dealkylation sites (tertiary alicyclic amines) is 1. The van der Waals surface area contributed by atoms with Crippen LogP contribution in [0, 0.1) is 5.82 Å². The Morgan fingerprint density at radius 2 is 1.74 bits per heavy atom. The number of carbonyl (C=O) groups is 3. The molecule has 1 fully saturated rings. The number of fused-ring (bicyclic) bond motifs is 2. The van der Waals surface area contributed by atoms with Gasteiger partial charge in [0.2, 0.25) is 0 Å². The van der Waals surface area contributed by atoms with Gasteiger partial charge in [0.25, 0.3) is 11.8 Å². The van der Waals surface area contributed by atoms with E-state index in [0.29, 0.717) is 49.2 Å². The predicted molar refractivity (Wildman–Crippen MR) is 129 cm³/mol.